The van der Waals surface area contributed by atoms with E-state index in [1.165, 1.54) is 0 Å². The van der Waals surface area contributed by atoms with Gasteiger partial charge in [-0.1, -0.05) is 30.3 Å². The van der Waals surface area contributed by atoms with Crippen molar-refractivity contribution in [3.8, 4) is 16.9 Å². The number of aromatic nitrogens is 3. The molecule has 1 amide bonds. The molecule has 2 N–H and O–H groups in total. The molecule has 1 aliphatic rings. The summed E-state index contributed by atoms with van der Waals surface area (Å²) in [6.07, 6.45) is 2.29. The molecule has 1 saturated heterocycles. The fraction of sp³-hybridized carbons (Fsp3) is 0.314. The smallest absolute Gasteiger partial charge is 0.409 e. The van der Waals surface area contributed by atoms with E-state index in [1.54, 1.807) is 18.0 Å². The van der Waals surface area contributed by atoms with Gasteiger partial charge in [-0.25, -0.2) is 9.78 Å². The lowest BCUT2D eigenvalue weighted by molar-refractivity contribution is -0.142. The van der Waals surface area contributed by atoms with Crippen molar-refractivity contribution in [2.45, 2.75) is 46.3 Å². The number of ether oxygens (including phenoxy) is 3. The number of aryl methyl sites for hydroxylation is 1. The summed E-state index contributed by atoms with van der Waals surface area (Å²) in [6.45, 7) is 7.52. The molecule has 10 heteroatoms. The van der Waals surface area contributed by atoms with Crippen LogP contribution in [0.25, 0.3) is 32.8 Å². The average Bonchev–Trinajstić information content (AvgIpc) is 3.67. The number of rotatable bonds is 9. The van der Waals surface area contributed by atoms with Gasteiger partial charge in [0, 0.05) is 35.6 Å². The Balaban J connectivity index is 1.37. The minimum Gasteiger partial charge on any atom is -0.487 e. The molecule has 0 aliphatic carbocycles. The van der Waals surface area contributed by atoms with Crippen LogP contribution >= 0.6 is 0 Å². The second-order valence-electron chi connectivity index (χ2n) is 11.2. The molecule has 2 aromatic heterocycles. The molecule has 0 radical (unpaired) electrons. The number of pyridine rings is 1. The van der Waals surface area contributed by atoms with E-state index < -0.39 is 0 Å². The summed E-state index contributed by atoms with van der Waals surface area (Å²) in [5.41, 5.74) is 11.7. The van der Waals surface area contributed by atoms with Gasteiger partial charge in [-0.15, -0.1) is 0 Å². The van der Waals surface area contributed by atoms with Crippen LogP contribution in [0.3, 0.4) is 0 Å². The van der Waals surface area contributed by atoms with Crippen molar-refractivity contribution < 1.29 is 23.8 Å². The third kappa shape index (κ3) is 6.13. The monoisotopic (exact) mass is 607 g/mol. The predicted octanol–water partition coefficient (Wildman–Crippen LogP) is 6.23. The Kier molecular flexibility index (Phi) is 8.55. The number of fused-ring (bicyclic) bond motifs is 2. The van der Waals surface area contributed by atoms with Crippen LogP contribution in [-0.2, 0) is 27.3 Å². The first-order valence-corrected chi connectivity index (χ1v) is 15.3. The molecule has 1 fully saturated rings. The lowest BCUT2D eigenvalue weighted by Crippen LogP contribution is -2.29. The van der Waals surface area contributed by atoms with E-state index in [1.807, 2.05) is 48.9 Å². The van der Waals surface area contributed by atoms with Crippen molar-refractivity contribution in [2.75, 3.05) is 32.0 Å². The van der Waals surface area contributed by atoms with E-state index in [4.69, 9.17) is 25.0 Å². The Morgan fingerprint density at radius 3 is 2.56 bits per heavy atom. The summed E-state index contributed by atoms with van der Waals surface area (Å²) in [4.78, 5) is 30.8. The summed E-state index contributed by atoms with van der Waals surface area (Å²) in [5.74, 6) is 0.810. The van der Waals surface area contributed by atoms with Crippen molar-refractivity contribution in [3.63, 3.8) is 0 Å². The highest BCUT2D eigenvalue weighted by molar-refractivity contribution is 5.95. The maximum absolute atomic E-state index is 12.5. The van der Waals surface area contributed by atoms with Gasteiger partial charge >= 0.3 is 12.1 Å². The van der Waals surface area contributed by atoms with Crippen LogP contribution in [0.15, 0.2) is 66.9 Å². The number of anilines is 1. The minimum absolute atomic E-state index is 0.0126. The SMILES string of the molecule is CCOC(=O)Cc1c(C)cccc1OCc1nn([C@H]2CCN(C(=O)OCC)C2)c2ccc(-c3ccc4ccnc(N)c4c3)cc12. The molecule has 5 aromatic rings. The zero-order valence-corrected chi connectivity index (χ0v) is 25.8. The fourth-order valence-corrected chi connectivity index (χ4v) is 6.00. The molecule has 3 aromatic carbocycles. The van der Waals surface area contributed by atoms with Gasteiger partial charge in [0.2, 0.25) is 0 Å². The highest BCUT2D eigenvalue weighted by Gasteiger charge is 2.30. The molecule has 0 saturated carbocycles. The zero-order chi connectivity index (χ0) is 31.5. The number of likely N-dealkylation sites (tertiary alicyclic amines) is 1. The quantitative estimate of drug-likeness (QED) is 0.196. The van der Waals surface area contributed by atoms with Crippen LogP contribution in [0, 0.1) is 6.92 Å². The number of amides is 1. The van der Waals surface area contributed by atoms with Gasteiger partial charge in [0.15, 0.2) is 0 Å². The Morgan fingerprint density at radius 2 is 1.76 bits per heavy atom. The lowest BCUT2D eigenvalue weighted by Gasteiger charge is -2.16. The van der Waals surface area contributed by atoms with Crippen molar-refractivity contribution in [2.24, 2.45) is 0 Å². The van der Waals surface area contributed by atoms with Crippen molar-refractivity contribution in [3.05, 3.63) is 83.7 Å². The first kappa shape index (κ1) is 29.9. The molecule has 1 aliphatic heterocycles. The Labute approximate surface area is 261 Å². The largest absolute Gasteiger partial charge is 0.487 e. The van der Waals surface area contributed by atoms with Gasteiger partial charge in [-0.05, 0) is 79.6 Å². The molecule has 6 rings (SSSR count). The summed E-state index contributed by atoms with van der Waals surface area (Å²) in [7, 11) is 0. The van der Waals surface area contributed by atoms with Gasteiger partial charge in [0.05, 0.1) is 31.2 Å². The Bertz CT molecular complexity index is 1880. The summed E-state index contributed by atoms with van der Waals surface area (Å²) in [6, 6.07) is 20.1. The molecule has 45 heavy (non-hydrogen) atoms. The zero-order valence-electron chi connectivity index (χ0n) is 25.8. The van der Waals surface area contributed by atoms with E-state index >= 15 is 0 Å². The highest BCUT2D eigenvalue weighted by atomic mass is 16.6. The molecule has 3 heterocycles. The normalized spacial score (nSPS) is 14.6. The number of nitrogens with two attached hydrogens (primary N) is 1. The summed E-state index contributed by atoms with van der Waals surface area (Å²) in [5, 5.41) is 7.93. The number of carbonyl (C=O) groups excluding carboxylic acids is 2. The Morgan fingerprint density at radius 1 is 0.978 bits per heavy atom. The summed E-state index contributed by atoms with van der Waals surface area (Å²) >= 11 is 0. The van der Waals surface area contributed by atoms with Gasteiger partial charge in [-0.3, -0.25) is 9.48 Å². The first-order valence-electron chi connectivity index (χ1n) is 15.3. The van der Waals surface area contributed by atoms with Crippen LogP contribution in [0.2, 0.25) is 0 Å². The second kappa shape index (κ2) is 12.9. The van der Waals surface area contributed by atoms with Crippen LogP contribution in [0.4, 0.5) is 10.6 Å². The molecule has 0 bridgehead atoms. The van der Waals surface area contributed by atoms with Crippen molar-refractivity contribution >= 4 is 39.6 Å². The van der Waals surface area contributed by atoms with E-state index in [0.717, 1.165) is 56.0 Å². The van der Waals surface area contributed by atoms with Crippen LogP contribution in [0.1, 0.15) is 43.1 Å². The third-order valence-electron chi connectivity index (χ3n) is 8.31. The standard InChI is InChI=1S/C35H37N5O5/c1-4-43-33(41)19-27-22(3)7-6-8-32(27)45-21-30-29-18-25(24-10-9-23-13-15-37-34(36)28(23)17-24)11-12-31(29)40(38-30)26-14-16-39(20-26)35(42)44-5-2/h6-13,15,17-18,26H,4-5,14,16,19-21H2,1-3H3,(H2,36,37)/t26-/m0/s1. The van der Waals surface area contributed by atoms with Crippen LogP contribution < -0.4 is 10.5 Å². The lowest BCUT2D eigenvalue weighted by atomic mass is 10.00. The number of hydrogen-bond acceptors (Lipinski definition) is 8. The molecule has 232 valence electrons. The number of benzene rings is 3. The van der Waals surface area contributed by atoms with Crippen LogP contribution in [-0.4, -0.2) is 58.0 Å². The van der Waals surface area contributed by atoms with Gasteiger partial charge in [-0.2, -0.15) is 5.10 Å². The fourth-order valence-electron chi connectivity index (χ4n) is 6.00. The number of hydrogen-bond donors (Lipinski definition) is 1. The predicted molar refractivity (Wildman–Crippen MR) is 173 cm³/mol. The number of nitrogen functional groups attached to an aromatic ring is 1. The Hall–Kier alpha value is -5.12. The maximum Gasteiger partial charge on any atom is 0.409 e. The van der Waals surface area contributed by atoms with Gasteiger partial charge in [0.25, 0.3) is 0 Å². The van der Waals surface area contributed by atoms with Crippen molar-refractivity contribution in [1.82, 2.24) is 19.7 Å². The van der Waals surface area contributed by atoms with Crippen LogP contribution in [0.5, 0.6) is 5.75 Å². The van der Waals surface area contributed by atoms with Gasteiger partial charge < -0.3 is 24.8 Å². The van der Waals surface area contributed by atoms with E-state index in [9.17, 15) is 9.59 Å². The molecule has 1 atom stereocenters. The molecule has 0 unspecified atom stereocenters. The number of carbonyl (C=O) groups is 2. The van der Waals surface area contributed by atoms with E-state index in [-0.39, 0.29) is 31.1 Å². The summed E-state index contributed by atoms with van der Waals surface area (Å²) < 4.78 is 18.8. The van der Waals surface area contributed by atoms with Crippen molar-refractivity contribution in [1.29, 1.82) is 0 Å². The van der Waals surface area contributed by atoms with E-state index in [0.29, 0.717) is 37.9 Å². The molecule has 0 spiro atoms. The maximum atomic E-state index is 12.5. The second-order valence-corrected chi connectivity index (χ2v) is 11.2. The number of nitrogens with zero attached hydrogens (tertiary/aromatic N) is 4. The topological polar surface area (TPSA) is 122 Å². The van der Waals surface area contributed by atoms with Gasteiger partial charge in [0.1, 0.15) is 23.9 Å². The number of esters is 1. The molecular weight excluding hydrogens is 570 g/mol. The minimum atomic E-state index is -0.305. The highest BCUT2D eigenvalue weighted by Crippen LogP contribution is 2.34. The third-order valence-corrected chi connectivity index (χ3v) is 8.31. The molecular formula is C35H37N5O5. The first-order chi connectivity index (χ1) is 21.9. The van der Waals surface area contributed by atoms with E-state index in [2.05, 4.69) is 35.3 Å². The molecule has 10 nitrogen and oxygen atoms in total. The average molecular weight is 608 g/mol.